The molecule has 0 spiro atoms. The molecule has 0 radical (unpaired) electrons. The Hall–Kier alpha value is -2.60. The minimum atomic E-state index is -0.547. The second kappa shape index (κ2) is 7.43. The first-order chi connectivity index (χ1) is 13.5. The van der Waals surface area contributed by atoms with Crippen molar-refractivity contribution in [2.24, 2.45) is 5.73 Å². The third-order valence-electron chi connectivity index (χ3n) is 6.05. The third-order valence-corrected chi connectivity index (χ3v) is 6.05. The average molecular weight is 382 g/mol. The van der Waals surface area contributed by atoms with Crippen LogP contribution in [-0.2, 0) is 12.8 Å². The Morgan fingerprint density at radius 3 is 2.57 bits per heavy atom. The zero-order valence-corrected chi connectivity index (χ0v) is 16.3. The van der Waals surface area contributed by atoms with Crippen molar-refractivity contribution in [1.29, 1.82) is 0 Å². The fourth-order valence-corrected chi connectivity index (χ4v) is 4.59. The summed E-state index contributed by atoms with van der Waals surface area (Å²) in [7, 11) is 1.64. The minimum Gasteiger partial charge on any atom is -0.497 e. The van der Waals surface area contributed by atoms with E-state index in [1.54, 1.807) is 14.0 Å². The monoisotopic (exact) mass is 382 g/mol. The molecular formula is C22H26N2O4. The van der Waals surface area contributed by atoms with E-state index in [4.69, 9.17) is 14.9 Å². The molecule has 1 aromatic carbocycles. The van der Waals surface area contributed by atoms with Gasteiger partial charge in [0.05, 0.1) is 7.11 Å². The fourth-order valence-electron chi connectivity index (χ4n) is 4.59. The van der Waals surface area contributed by atoms with E-state index in [2.05, 4.69) is 0 Å². The molecule has 1 aromatic heterocycles. The smallest absolute Gasteiger partial charge is 0.349 e. The summed E-state index contributed by atoms with van der Waals surface area (Å²) in [6.07, 6.45) is 4.04. The molecule has 1 amide bonds. The van der Waals surface area contributed by atoms with Gasteiger partial charge in [0.2, 0.25) is 0 Å². The molecule has 2 saturated heterocycles. The number of ether oxygens (including phenoxy) is 1. The number of aryl methyl sites for hydroxylation is 3. The van der Waals surface area contributed by atoms with Crippen LogP contribution in [0.3, 0.4) is 0 Å². The SMILES string of the molecule is COc1ccc(CCc2cc(C)c(C(=O)N3[C@@H]4CC[C@H]3[C@@H](N)C4)c(=O)o2)cc1. The predicted octanol–water partition coefficient (Wildman–Crippen LogP) is 2.45. The highest BCUT2D eigenvalue weighted by molar-refractivity contribution is 5.96. The Labute approximate surface area is 164 Å². The van der Waals surface area contributed by atoms with E-state index in [1.807, 2.05) is 35.2 Å². The molecule has 2 fully saturated rings. The summed E-state index contributed by atoms with van der Waals surface area (Å²) in [6, 6.07) is 9.84. The predicted molar refractivity (Wildman–Crippen MR) is 106 cm³/mol. The van der Waals surface area contributed by atoms with E-state index in [9.17, 15) is 9.59 Å². The van der Waals surface area contributed by atoms with Crippen molar-refractivity contribution in [1.82, 2.24) is 4.90 Å². The Kier molecular flexibility index (Phi) is 4.98. The van der Waals surface area contributed by atoms with Crippen LogP contribution >= 0.6 is 0 Å². The summed E-state index contributed by atoms with van der Waals surface area (Å²) in [5, 5.41) is 0. The first-order valence-electron chi connectivity index (χ1n) is 9.82. The van der Waals surface area contributed by atoms with Crippen LogP contribution in [0.15, 0.2) is 39.5 Å². The third kappa shape index (κ3) is 3.33. The molecule has 28 heavy (non-hydrogen) atoms. The summed E-state index contributed by atoms with van der Waals surface area (Å²) in [5.41, 5.74) is 7.54. The van der Waals surface area contributed by atoms with Gasteiger partial charge in [-0.3, -0.25) is 4.79 Å². The van der Waals surface area contributed by atoms with Gasteiger partial charge in [-0.25, -0.2) is 4.79 Å². The summed E-state index contributed by atoms with van der Waals surface area (Å²) in [6.45, 7) is 1.80. The van der Waals surface area contributed by atoms with E-state index in [0.717, 1.165) is 37.0 Å². The first-order valence-corrected chi connectivity index (χ1v) is 9.82. The van der Waals surface area contributed by atoms with Crippen LogP contribution in [0.25, 0.3) is 0 Å². The Morgan fingerprint density at radius 1 is 1.25 bits per heavy atom. The van der Waals surface area contributed by atoms with Gasteiger partial charge in [-0.1, -0.05) is 12.1 Å². The number of carbonyl (C=O) groups is 1. The molecule has 2 aliphatic heterocycles. The number of nitrogens with zero attached hydrogens (tertiary/aromatic N) is 1. The zero-order chi connectivity index (χ0) is 19.8. The quantitative estimate of drug-likeness (QED) is 0.858. The lowest BCUT2D eigenvalue weighted by atomic mass is 9.96. The van der Waals surface area contributed by atoms with Gasteiger partial charge in [0.25, 0.3) is 5.91 Å². The summed E-state index contributed by atoms with van der Waals surface area (Å²) >= 11 is 0. The topological polar surface area (TPSA) is 85.8 Å². The minimum absolute atomic E-state index is 0.0128. The van der Waals surface area contributed by atoms with E-state index >= 15 is 0 Å². The number of nitrogens with two attached hydrogens (primary N) is 1. The normalized spacial score (nSPS) is 23.2. The van der Waals surface area contributed by atoms with Crippen LogP contribution in [0.4, 0.5) is 0 Å². The van der Waals surface area contributed by atoms with Crippen molar-refractivity contribution in [2.45, 2.75) is 57.2 Å². The zero-order valence-electron chi connectivity index (χ0n) is 16.3. The molecule has 2 aromatic rings. The van der Waals surface area contributed by atoms with Crippen LogP contribution in [0.2, 0.25) is 0 Å². The Bertz CT molecular complexity index is 935. The van der Waals surface area contributed by atoms with Crippen LogP contribution in [0.5, 0.6) is 5.75 Å². The molecule has 6 nitrogen and oxygen atoms in total. The highest BCUT2D eigenvalue weighted by atomic mass is 16.5. The lowest BCUT2D eigenvalue weighted by molar-refractivity contribution is 0.0720. The average Bonchev–Trinajstić information content (AvgIpc) is 3.23. The highest BCUT2D eigenvalue weighted by Crippen LogP contribution is 2.37. The van der Waals surface area contributed by atoms with Crippen LogP contribution in [0.1, 0.15) is 46.5 Å². The molecular weight excluding hydrogens is 356 g/mol. The van der Waals surface area contributed by atoms with Crippen molar-refractivity contribution < 1.29 is 13.9 Å². The standard InChI is InChI=1S/C22H26N2O4/c1-13-11-17(9-5-14-3-7-16(27-2)8-4-14)28-22(26)20(13)21(25)24-15-6-10-19(24)18(23)12-15/h3-4,7-8,11,15,18-19H,5-6,9-10,12,23H2,1-2H3/t15-,18+,19+/m1/s1. The van der Waals surface area contributed by atoms with Crippen LogP contribution in [-0.4, -0.2) is 36.0 Å². The maximum atomic E-state index is 13.0. The molecule has 2 N–H and O–H groups in total. The number of methoxy groups -OCH3 is 1. The lowest BCUT2D eigenvalue weighted by Gasteiger charge is -2.23. The van der Waals surface area contributed by atoms with Crippen LogP contribution in [0, 0.1) is 6.92 Å². The van der Waals surface area contributed by atoms with Crippen molar-refractivity contribution in [2.75, 3.05) is 7.11 Å². The summed E-state index contributed by atoms with van der Waals surface area (Å²) in [4.78, 5) is 27.5. The molecule has 0 aliphatic carbocycles. The highest BCUT2D eigenvalue weighted by Gasteiger charge is 2.47. The van der Waals surface area contributed by atoms with E-state index < -0.39 is 5.63 Å². The van der Waals surface area contributed by atoms with Crippen molar-refractivity contribution in [3.8, 4) is 5.75 Å². The van der Waals surface area contributed by atoms with Gasteiger partial charge in [0.15, 0.2) is 0 Å². The maximum Gasteiger partial charge on any atom is 0.349 e. The van der Waals surface area contributed by atoms with Gasteiger partial charge in [0.1, 0.15) is 17.1 Å². The molecule has 148 valence electrons. The Morgan fingerprint density at radius 2 is 2.00 bits per heavy atom. The van der Waals surface area contributed by atoms with E-state index in [-0.39, 0.29) is 29.6 Å². The number of fused-ring (bicyclic) bond motifs is 2. The number of rotatable bonds is 5. The number of hydrogen-bond donors (Lipinski definition) is 1. The molecule has 3 atom stereocenters. The second-order valence-electron chi connectivity index (χ2n) is 7.82. The summed E-state index contributed by atoms with van der Waals surface area (Å²) in [5.74, 6) is 1.17. The van der Waals surface area contributed by atoms with Gasteiger partial charge in [-0.15, -0.1) is 0 Å². The van der Waals surface area contributed by atoms with Gasteiger partial charge in [-0.05, 0) is 61.9 Å². The van der Waals surface area contributed by atoms with Gasteiger partial charge in [-0.2, -0.15) is 0 Å². The molecule has 6 heteroatoms. The van der Waals surface area contributed by atoms with Crippen LogP contribution < -0.4 is 16.1 Å². The van der Waals surface area contributed by atoms with Crippen molar-refractivity contribution in [3.63, 3.8) is 0 Å². The lowest BCUT2D eigenvalue weighted by Crippen LogP contribution is -2.42. The van der Waals surface area contributed by atoms with E-state index in [0.29, 0.717) is 17.7 Å². The van der Waals surface area contributed by atoms with Gasteiger partial charge >= 0.3 is 5.63 Å². The van der Waals surface area contributed by atoms with Gasteiger partial charge in [0, 0.05) is 24.5 Å². The summed E-state index contributed by atoms with van der Waals surface area (Å²) < 4.78 is 10.7. The second-order valence-corrected chi connectivity index (χ2v) is 7.82. The number of carbonyl (C=O) groups excluding carboxylic acids is 1. The molecule has 3 heterocycles. The van der Waals surface area contributed by atoms with Crippen molar-refractivity contribution in [3.05, 3.63) is 63.2 Å². The molecule has 0 saturated carbocycles. The number of benzene rings is 1. The molecule has 0 unspecified atom stereocenters. The fraction of sp³-hybridized carbons (Fsp3) is 0.455. The molecule has 2 bridgehead atoms. The largest absolute Gasteiger partial charge is 0.497 e. The first kappa shape index (κ1) is 18.7. The number of hydrogen-bond acceptors (Lipinski definition) is 5. The molecule has 4 rings (SSSR count). The van der Waals surface area contributed by atoms with E-state index in [1.165, 1.54) is 0 Å². The molecule has 2 aliphatic rings. The van der Waals surface area contributed by atoms with Gasteiger partial charge < -0.3 is 19.8 Å². The maximum absolute atomic E-state index is 13.0. The van der Waals surface area contributed by atoms with Crippen molar-refractivity contribution >= 4 is 5.91 Å². The Balaban J connectivity index is 1.50. The number of amides is 1.